The molecule has 92 valence electrons. The number of nitrogens with one attached hydrogen (secondary N) is 1. The number of carbonyl (C=O) groups is 1. The molecule has 5 nitrogen and oxygen atoms in total. The first-order valence-electron chi connectivity index (χ1n) is 5.51. The molecule has 0 unspecified atom stereocenters. The maximum atomic E-state index is 10.6. The van der Waals surface area contributed by atoms with E-state index < -0.39 is 0 Å². The van der Waals surface area contributed by atoms with Crippen LogP contribution in [-0.4, -0.2) is 25.2 Å². The van der Waals surface area contributed by atoms with Gasteiger partial charge in [-0.2, -0.15) is 5.10 Å². The van der Waals surface area contributed by atoms with E-state index in [-0.39, 0.29) is 5.91 Å². The average molecular weight is 300 g/mol. The number of hydrogen-bond acceptors (Lipinski definition) is 4. The number of hydrogen-bond donors (Lipinski definition) is 1. The van der Waals surface area contributed by atoms with Crippen molar-refractivity contribution in [2.75, 3.05) is 18.0 Å². The molecular formula is C11H14BrN3O2. The molecule has 0 atom stereocenters. The van der Waals surface area contributed by atoms with Crippen LogP contribution in [0.25, 0.3) is 0 Å². The Morgan fingerprint density at radius 1 is 1.59 bits per heavy atom. The second-order valence-electron chi connectivity index (χ2n) is 3.92. The minimum absolute atomic E-state index is 0.202. The molecule has 1 aliphatic heterocycles. The number of rotatable bonds is 3. The molecule has 0 radical (unpaired) electrons. The fraction of sp³-hybridized carbons (Fsp3) is 0.455. The van der Waals surface area contributed by atoms with Crippen molar-refractivity contribution >= 4 is 33.9 Å². The number of carbonyl (C=O) groups excluding carboxylic acids is 1. The van der Waals surface area contributed by atoms with Crippen molar-refractivity contribution in [2.45, 2.75) is 19.8 Å². The van der Waals surface area contributed by atoms with Crippen LogP contribution in [0.15, 0.2) is 20.1 Å². The van der Waals surface area contributed by atoms with Crippen LogP contribution < -0.4 is 10.3 Å². The quantitative estimate of drug-likeness (QED) is 0.687. The predicted molar refractivity (Wildman–Crippen MR) is 69.3 cm³/mol. The first-order valence-corrected chi connectivity index (χ1v) is 6.30. The van der Waals surface area contributed by atoms with Crippen LogP contribution in [0.4, 0.5) is 5.88 Å². The van der Waals surface area contributed by atoms with Gasteiger partial charge in [-0.1, -0.05) is 0 Å². The lowest BCUT2D eigenvalue weighted by Crippen LogP contribution is -2.17. The van der Waals surface area contributed by atoms with Gasteiger partial charge in [0.15, 0.2) is 5.76 Å². The highest BCUT2D eigenvalue weighted by Gasteiger charge is 2.19. The van der Waals surface area contributed by atoms with Crippen molar-refractivity contribution in [3.8, 4) is 0 Å². The van der Waals surface area contributed by atoms with Gasteiger partial charge >= 0.3 is 0 Å². The van der Waals surface area contributed by atoms with Crippen LogP contribution in [0, 0.1) is 0 Å². The van der Waals surface area contributed by atoms with Crippen molar-refractivity contribution < 1.29 is 9.21 Å². The van der Waals surface area contributed by atoms with Gasteiger partial charge in [-0.15, -0.1) is 0 Å². The van der Waals surface area contributed by atoms with Crippen molar-refractivity contribution in [2.24, 2.45) is 5.10 Å². The maximum absolute atomic E-state index is 10.6. The van der Waals surface area contributed by atoms with E-state index >= 15 is 0 Å². The number of halogens is 1. The Morgan fingerprint density at radius 3 is 2.94 bits per heavy atom. The van der Waals surface area contributed by atoms with E-state index in [1.165, 1.54) is 26.0 Å². The van der Waals surface area contributed by atoms with Crippen molar-refractivity contribution in [3.05, 3.63) is 16.3 Å². The SMILES string of the molecule is CC(=O)N/N=C\c1cc(Br)c(N2CCCC2)o1. The van der Waals surface area contributed by atoms with Gasteiger partial charge < -0.3 is 9.32 Å². The van der Waals surface area contributed by atoms with E-state index in [1.807, 2.05) is 6.07 Å². The highest BCUT2D eigenvalue weighted by Crippen LogP contribution is 2.31. The van der Waals surface area contributed by atoms with E-state index in [0.717, 1.165) is 23.4 Å². The number of amides is 1. The molecule has 0 aliphatic carbocycles. The van der Waals surface area contributed by atoms with E-state index in [0.29, 0.717) is 5.76 Å². The van der Waals surface area contributed by atoms with Crippen molar-refractivity contribution in [3.63, 3.8) is 0 Å². The lowest BCUT2D eigenvalue weighted by Gasteiger charge is -2.13. The molecule has 1 aromatic rings. The Bertz CT molecular complexity index is 436. The van der Waals surface area contributed by atoms with Crippen molar-refractivity contribution in [1.82, 2.24) is 5.43 Å². The summed E-state index contributed by atoms with van der Waals surface area (Å²) in [6.07, 6.45) is 3.89. The van der Waals surface area contributed by atoms with Gasteiger partial charge in [0.25, 0.3) is 0 Å². The Labute approximate surface area is 108 Å². The summed E-state index contributed by atoms with van der Waals surface area (Å²) in [5.41, 5.74) is 2.33. The first-order chi connectivity index (χ1) is 8.16. The highest BCUT2D eigenvalue weighted by atomic mass is 79.9. The Kier molecular flexibility index (Phi) is 3.83. The second kappa shape index (κ2) is 5.35. The van der Waals surface area contributed by atoms with Gasteiger partial charge in [0.05, 0.1) is 10.7 Å². The zero-order chi connectivity index (χ0) is 12.3. The van der Waals surface area contributed by atoms with Crippen LogP contribution in [0.2, 0.25) is 0 Å². The topological polar surface area (TPSA) is 57.8 Å². The zero-order valence-corrected chi connectivity index (χ0v) is 11.2. The maximum Gasteiger partial charge on any atom is 0.236 e. The number of nitrogens with zero attached hydrogens (tertiary/aromatic N) is 2. The van der Waals surface area contributed by atoms with E-state index in [9.17, 15) is 4.79 Å². The standard InChI is InChI=1S/C11H14BrN3O2/c1-8(16)14-13-7-9-6-10(12)11(17-9)15-4-2-3-5-15/h6-7H,2-5H2,1H3,(H,14,16)/b13-7-. The molecule has 0 aromatic carbocycles. The molecule has 1 aromatic heterocycles. The molecule has 2 heterocycles. The summed E-state index contributed by atoms with van der Waals surface area (Å²) in [5.74, 6) is 1.26. The van der Waals surface area contributed by atoms with Crippen LogP contribution in [0.5, 0.6) is 0 Å². The van der Waals surface area contributed by atoms with Gasteiger partial charge in [-0.3, -0.25) is 4.79 Å². The molecule has 0 bridgehead atoms. The summed E-state index contributed by atoms with van der Waals surface area (Å²) in [5, 5.41) is 3.76. The summed E-state index contributed by atoms with van der Waals surface area (Å²) >= 11 is 3.46. The Hall–Kier alpha value is -1.30. The summed E-state index contributed by atoms with van der Waals surface area (Å²) in [4.78, 5) is 12.8. The summed E-state index contributed by atoms with van der Waals surface area (Å²) in [6.45, 7) is 3.45. The largest absolute Gasteiger partial charge is 0.438 e. The van der Waals surface area contributed by atoms with Crippen LogP contribution >= 0.6 is 15.9 Å². The average Bonchev–Trinajstić information content (AvgIpc) is 2.86. The lowest BCUT2D eigenvalue weighted by atomic mass is 10.4. The third-order valence-electron chi connectivity index (χ3n) is 2.49. The third kappa shape index (κ3) is 3.09. The summed E-state index contributed by atoms with van der Waals surface area (Å²) < 4.78 is 6.58. The van der Waals surface area contributed by atoms with Gasteiger partial charge in [0.1, 0.15) is 0 Å². The summed E-state index contributed by atoms with van der Waals surface area (Å²) in [6, 6.07) is 1.85. The first kappa shape index (κ1) is 12.2. The molecule has 0 saturated carbocycles. The minimum atomic E-state index is -0.202. The van der Waals surface area contributed by atoms with E-state index in [1.54, 1.807) is 0 Å². The molecule has 1 fully saturated rings. The van der Waals surface area contributed by atoms with Gasteiger partial charge in [-0.05, 0) is 28.8 Å². The van der Waals surface area contributed by atoms with E-state index in [4.69, 9.17) is 4.42 Å². The lowest BCUT2D eigenvalue weighted by molar-refractivity contribution is -0.118. The number of furan rings is 1. The predicted octanol–water partition coefficient (Wildman–Crippen LogP) is 2.11. The highest BCUT2D eigenvalue weighted by molar-refractivity contribution is 9.10. The van der Waals surface area contributed by atoms with Gasteiger partial charge in [0, 0.05) is 26.1 Å². The normalized spacial score (nSPS) is 15.8. The molecular weight excluding hydrogens is 286 g/mol. The minimum Gasteiger partial charge on any atom is -0.438 e. The molecule has 6 heteroatoms. The number of anilines is 1. The second-order valence-corrected chi connectivity index (χ2v) is 4.78. The summed E-state index contributed by atoms with van der Waals surface area (Å²) in [7, 11) is 0. The molecule has 1 aliphatic rings. The molecule has 2 rings (SSSR count). The van der Waals surface area contributed by atoms with Crippen molar-refractivity contribution in [1.29, 1.82) is 0 Å². The van der Waals surface area contributed by atoms with Crippen LogP contribution in [0.1, 0.15) is 25.5 Å². The number of hydrazone groups is 1. The van der Waals surface area contributed by atoms with Crippen LogP contribution in [0.3, 0.4) is 0 Å². The molecule has 1 N–H and O–H groups in total. The molecule has 0 spiro atoms. The fourth-order valence-electron chi connectivity index (χ4n) is 1.76. The molecule has 17 heavy (non-hydrogen) atoms. The zero-order valence-electron chi connectivity index (χ0n) is 9.57. The smallest absolute Gasteiger partial charge is 0.236 e. The Balaban J connectivity index is 2.07. The monoisotopic (exact) mass is 299 g/mol. The third-order valence-corrected chi connectivity index (χ3v) is 3.06. The van der Waals surface area contributed by atoms with Crippen LogP contribution in [-0.2, 0) is 4.79 Å². The van der Waals surface area contributed by atoms with E-state index in [2.05, 4.69) is 31.4 Å². The molecule has 1 saturated heterocycles. The van der Waals surface area contributed by atoms with Gasteiger partial charge in [0.2, 0.25) is 11.8 Å². The molecule has 1 amide bonds. The Morgan fingerprint density at radius 2 is 2.29 bits per heavy atom. The fourth-order valence-corrected chi connectivity index (χ4v) is 2.32. The van der Waals surface area contributed by atoms with Gasteiger partial charge in [-0.25, -0.2) is 5.43 Å².